The Morgan fingerprint density at radius 2 is 0.460 bits per heavy atom. The van der Waals surface area contributed by atoms with E-state index in [4.69, 9.17) is 0 Å². The molecule has 0 radical (unpaired) electrons. The summed E-state index contributed by atoms with van der Waals surface area (Å²) in [6.45, 7) is 9.49. The maximum absolute atomic E-state index is 2.74. The van der Waals surface area contributed by atoms with Gasteiger partial charge in [-0.3, -0.25) is 0 Å². The van der Waals surface area contributed by atoms with E-state index in [0.717, 1.165) is 0 Å². The highest BCUT2D eigenvalue weighted by molar-refractivity contribution is 4.97. The first-order valence-corrected chi connectivity index (χ1v) is 24.0. The Kier molecular flexibility index (Phi) is 37.5. The van der Waals surface area contributed by atoms with Crippen LogP contribution in [0.1, 0.15) is 278 Å². The molecule has 0 saturated carbocycles. The molecule has 0 aromatic heterocycles. The number of nitrogens with zero attached hydrogens (tertiary/aromatic N) is 2. The second-order valence-corrected chi connectivity index (χ2v) is 16.8. The summed E-state index contributed by atoms with van der Waals surface area (Å²) in [7, 11) is 0. The van der Waals surface area contributed by atoms with E-state index in [-0.39, 0.29) is 0 Å². The molecule has 1 aliphatic rings. The van der Waals surface area contributed by atoms with Crippen LogP contribution in [-0.2, 0) is 0 Å². The fraction of sp³-hybridized carbons (Fsp3) is 0.958. The molecule has 0 aromatic carbocycles. The molecule has 0 saturated heterocycles. The third kappa shape index (κ3) is 30.9. The van der Waals surface area contributed by atoms with Crippen LogP contribution in [0.25, 0.3) is 0 Å². The van der Waals surface area contributed by atoms with E-state index in [2.05, 4.69) is 43.0 Å². The zero-order chi connectivity index (χ0) is 35.8. The van der Waals surface area contributed by atoms with Crippen molar-refractivity contribution in [2.45, 2.75) is 284 Å². The van der Waals surface area contributed by atoms with Crippen LogP contribution in [0, 0.1) is 0 Å². The third-order valence-electron chi connectivity index (χ3n) is 11.8. The molecule has 1 heterocycles. The van der Waals surface area contributed by atoms with Crippen LogP contribution < -0.4 is 0 Å². The van der Waals surface area contributed by atoms with Gasteiger partial charge in [-0.2, -0.15) is 0 Å². The van der Waals surface area contributed by atoms with Gasteiger partial charge in [-0.15, -0.1) is 0 Å². The fourth-order valence-electron chi connectivity index (χ4n) is 8.31. The first kappa shape index (κ1) is 47.4. The zero-order valence-electron chi connectivity index (χ0n) is 35.3. The van der Waals surface area contributed by atoms with Crippen molar-refractivity contribution in [2.24, 2.45) is 0 Å². The van der Waals surface area contributed by atoms with Gasteiger partial charge in [0.15, 0.2) is 0 Å². The molecule has 0 aliphatic carbocycles. The van der Waals surface area contributed by atoms with Gasteiger partial charge in [0.05, 0.1) is 0 Å². The van der Waals surface area contributed by atoms with E-state index < -0.39 is 0 Å². The van der Waals surface area contributed by atoms with Gasteiger partial charge in [0, 0.05) is 25.5 Å². The van der Waals surface area contributed by atoms with Crippen molar-refractivity contribution in [1.82, 2.24) is 9.80 Å². The van der Waals surface area contributed by atoms with Crippen LogP contribution in [0.3, 0.4) is 0 Å². The molecule has 0 bridgehead atoms. The standard InChI is InChI=1S/C48H96N2/c1-4-7-10-13-16-19-22-24-26-29-32-35-38-41-44-49-46-47-50(48(49)43-40-37-34-31-28-21-18-15-12-9-6-3)45-42-39-36-33-30-27-25-23-20-17-14-11-8-5-2/h46-48H,4-45H2,1-3H3. The van der Waals surface area contributed by atoms with E-state index in [1.807, 2.05) is 0 Å². The zero-order valence-corrected chi connectivity index (χ0v) is 35.3. The summed E-state index contributed by atoms with van der Waals surface area (Å²) >= 11 is 0. The van der Waals surface area contributed by atoms with Crippen LogP contribution in [0.4, 0.5) is 0 Å². The molecule has 0 spiro atoms. The van der Waals surface area contributed by atoms with Gasteiger partial charge in [0.2, 0.25) is 0 Å². The van der Waals surface area contributed by atoms with Gasteiger partial charge in [-0.1, -0.05) is 252 Å². The van der Waals surface area contributed by atoms with Crippen LogP contribution >= 0.6 is 0 Å². The Balaban J connectivity index is 2.20. The Bertz CT molecular complexity index is 617. The minimum Gasteiger partial charge on any atom is -0.356 e. The molecule has 50 heavy (non-hydrogen) atoms. The minimum absolute atomic E-state index is 0.637. The topological polar surface area (TPSA) is 6.48 Å². The highest BCUT2D eigenvalue weighted by Crippen LogP contribution is 2.24. The fourth-order valence-corrected chi connectivity index (χ4v) is 8.31. The quantitative estimate of drug-likeness (QED) is 0.0585. The van der Waals surface area contributed by atoms with E-state index in [9.17, 15) is 0 Å². The van der Waals surface area contributed by atoms with E-state index >= 15 is 0 Å². The molecule has 298 valence electrons. The van der Waals surface area contributed by atoms with Gasteiger partial charge in [-0.25, -0.2) is 0 Å². The number of rotatable bonds is 42. The number of hydrogen-bond donors (Lipinski definition) is 0. The lowest BCUT2D eigenvalue weighted by atomic mass is 10.0. The third-order valence-corrected chi connectivity index (χ3v) is 11.8. The second-order valence-electron chi connectivity index (χ2n) is 16.8. The first-order valence-electron chi connectivity index (χ1n) is 24.0. The first-order chi connectivity index (χ1) is 24.8. The highest BCUT2D eigenvalue weighted by Gasteiger charge is 2.24. The predicted octanol–water partition coefficient (Wildman–Crippen LogP) is 17.1. The van der Waals surface area contributed by atoms with Crippen molar-refractivity contribution in [2.75, 3.05) is 13.1 Å². The SMILES string of the molecule is CCCCCCCCCCCCCCCCN1C=CN(CCCCCCCCCCCCCCCC)C1CCCCCCCCCCCCC. The van der Waals surface area contributed by atoms with Crippen LogP contribution in [0.5, 0.6) is 0 Å². The number of unbranched alkanes of at least 4 members (excludes halogenated alkanes) is 36. The summed E-state index contributed by atoms with van der Waals surface area (Å²) in [4.78, 5) is 5.47. The lowest BCUT2D eigenvalue weighted by molar-refractivity contribution is 0.135. The lowest BCUT2D eigenvalue weighted by Crippen LogP contribution is -2.39. The van der Waals surface area contributed by atoms with Crippen molar-refractivity contribution in [3.05, 3.63) is 12.4 Å². The molecule has 0 N–H and O–H groups in total. The van der Waals surface area contributed by atoms with E-state index in [1.165, 1.54) is 270 Å². The molecule has 1 aliphatic heterocycles. The Morgan fingerprint density at radius 3 is 0.700 bits per heavy atom. The largest absolute Gasteiger partial charge is 0.356 e. The van der Waals surface area contributed by atoms with Crippen molar-refractivity contribution in [3.8, 4) is 0 Å². The molecular weight excluding hydrogens is 605 g/mol. The van der Waals surface area contributed by atoms with Crippen LogP contribution in [0.15, 0.2) is 12.4 Å². The summed E-state index contributed by atoms with van der Waals surface area (Å²) in [5, 5.41) is 0. The lowest BCUT2D eigenvalue weighted by Gasteiger charge is -2.33. The molecule has 0 aromatic rings. The minimum atomic E-state index is 0.637. The van der Waals surface area contributed by atoms with Crippen LogP contribution in [-0.4, -0.2) is 29.1 Å². The molecule has 2 heteroatoms. The van der Waals surface area contributed by atoms with Gasteiger partial charge in [0.1, 0.15) is 6.17 Å². The van der Waals surface area contributed by atoms with Gasteiger partial charge < -0.3 is 9.80 Å². The van der Waals surface area contributed by atoms with Crippen LogP contribution in [0.2, 0.25) is 0 Å². The summed E-state index contributed by atoms with van der Waals surface area (Å²) < 4.78 is 0. The molecule has 1 rings (SSSR count). The van der Waals surface area contributed by atoms with E-state index in [1.54, 1.807) is 0 Å². The van der Waals surface area contributed by atoms with Gasteiger partial charge in [-0.05, 0) is 25.7 Å². The molecule has 0 amide bonds. The monoisotopic (exact) mass is 701 g/mol. The average Bonchev–Trinajstić information content (AvgIpc) is 3.51. The Labute approximate surface area is 318 Å². The van der Waals surface area contributed by atoms with E-state index in [0.29, 0.717) is 6.17 Å². The maximum Gasteiger partial charge on any atom is 0.101 e. The smallest absolute Gasteiger partial charge is 0.101 e. The highest BCUT2D eigenvalue weighted by atomic mass is 15.4. The van der Waals surface area contributed by atoms with Crippen molar-refractivity contribution in [3.63, 3.8) is 0 Å². The molecule has 0 unspecified atom stereocenters. The van der Waals surface area contributed by atoms with Gasteiger partial charge >= 0.3 is 0 Å². The Morgan fingerprint density at radius 1 is 0.260 bits per heavy atom. The molecule has 0 fully saturated rings. The van der Waals surface area contributed by atoms with Crippen molar-refractivity contribution < 1.29 is 0 Å². The summed E-state index contributed by atoms with van der Waals surface area (Å²) in [5.41, 5.74) is 0. The Hall–Kier alpha value is -0.660. The predicted molar refractivity (Wildman–Crippen MR) is 228 cm³/mol. The summed E-state index contributed by atoms with van der Waals surface area (Å²) in [6, 6.07) is 0. The second kappa shape index (κ2) is 39.5. The summed E-state index contributed by atoms with van der Waals surface area (Å²) in [5.74, 6) is 0. The van der Waals surface area contributed by atoms with Crippen molar-refractivity contribution in [1.29, 1.82) is 0 Å². The molecule has 0 atom stereocenters. The van der Waals surface area contributed by atoms with Gasteiger partial charge in [0.25, 0.3) is 0 Å². The maximum atomic E-state index is 2.74. The number of hydrogen-bond acceptors (Lipinski definition) is 2. The normalized spacial score (nSPS) is 13.4. The van der Waals surface area contributed by atoms with Crippen molar-refractivity contribution >= 4 is 0 Å². The molecule has 2 nitrogen and oxygen atoms in total. The summed E-state index contributed by atoms with van der Waals surface area (Å²) in [6.07, 6.45) is 63.4. The molecular formula is C48H96N2. The average molecular weight is 701 g/mol.